The van der Waals surface area contributed by atoms with Gasteiger partial charge in [-0.05, 0) is 6.42 Å². The van der Waals surface area contributed by atoms with Crippen LogP contribution in [0, 0.1) is 0 Å². The van der Waals surface area contributed by atoms with E-state index in [2.05, 4.69) is 5.32 Å². The molecule has 4 nitrogen and oxygen atoms in total. The largest absolute Gasteiger partial charge is 0.627 e. The molecule has 1 N–H and O–H groups in total. The minimum absolute atomic E-state index is 0. The third-order valence-electron chi connectivity index (χ3n) is 1.08. The van der Waals surface area contributed by atoms with Crippen molar-refractivity contribution in [3.63, 3.8) is 0 Å². The average Bonchev–Trinajstić information content (AvgIpc) is 1.90. The van der Waals surface area contributed by atoms with Gasteiger partial charge in [0.15, 0.2) is 0 Å². The van der Waals surface area contributed by atoms with Gasteiger partial charge in [0.2, 0.25) is 0 Å². The van der Waals surface area contributed by atoms with Gasteiger partial charge in [0, 0.05) is 6.61 Å². The van der Waals surface area contributed by atoms with Gasteiger partial charge in [0.05, 0.1) is 6.23 Å². The second-order valence-electron chi connectivity index (χ2n) is 1.82. The topological polar surface area (TPSA) is 60.6 Å². The Morgan fingerprint density at radius 3 is 2.70 bits per heavy atom. The fourth-order valence-corrected chi connectivity index (χ4v) is 0.670. The fourth-order valence-electron chi connectivity index (χ4n) is 0.670. The molecule has 0 amide bonds. The van der Waals surface area contributed by atoms with Gasteiger partial charge in [-0.3, -0.25) is 4.79 Å². The van der Waals surface area contributed by atoms with Crippen LogP contribution >= 0.6 is 0 Å². The number of ether oxygens (including phenoxy) is 1. The Balaban J connectivity index is 0.000000810. The number of aliphatic carboxylic acids is 1. The normalized spacial score (nSPS) is 25.0. The summed E-state index contributed by atoms with van der Waals surface area (Å²) in [6.45, 7) is 1.12. The van der Waals surface area contributed by atoms with E-state index < -0.39 is 12.2 Å². The van der Waals surface area contributed by atoms with Crippen LogP contribution < -0.4 is 0 Å². The molecule has 10 heavy (non-hydrogen) atoms. The van der Waals surface area contributed by atoms with E-state index in [0.717, 1.165) is 6.42 Å². The van der Waals surface area contributed by atoms with Crippen LogP contribution in [0.1, 0.15) is 6.42 Å². The van der Waals surface area contributed by atoms with Crippen molar-refractivity contribution in [1.82, 2.24) is 0 Å². The van der Waals surface area contributed by atoms with Crippen LogP contribution in [0.25, 0.3) is 5.32 Å². The van der Waals surface area contributed by atoms with Gasteiger partial charge in [0.25, 0.3) is 0 Å². The fraction of sp³-hybridized carbons (Fsp3) is 0.800. The summed E-state index contributed by atoms with van der Waals surface area (Å²) in [7, 11) is 0. The van der Waals surface area contributed by atoms with Crippen LogP contribution in [-0.4, -0.2) is 30.5 Å². The Morgan fingerprint density at radius 1 is 1.70 bits per heavy atom. The molecule has 1 atom stereocenters. The van der Waals surface area contributed by atoms with E-state index in [-0.39, 0.29) is 0 Å². The van der Waals surface area contributed by atoms with Crippen molar-refractivity contribution >= 4 is 5.97 Å². The van der Waals surface area contributed by atoms with E-state index in [0.29, 0.717) is 13.2 Å². The minimum Gasteiger partial charge on any atom is -0.627 e. The first-order chi connectivity index (χ1) is 4.30. The number of carbonyl (C=O) groups is 1. The molecular formula is C5H8NO3Rf-. The maximum Gasteiger partial charge on any atom is 0.311 e. The number of rotatable bonds is 1. The second kappa shape index (κ2) is 3.42. The van der Waals surface area contributed by atoms with Gasteiger partial charge in [-0.25, -0.2) is 0 Å². The first-order valence-corrected chi connectivity index (χ1v) is 2.82. The molecule has 0 aromatic heterocycles. The first-order valence-electron chi connectivity index (χ1n) is 2.82. The third kappa shape index (κ3) is 1.72. The predicted octanol–water partition coefficient (Wildman–Crippen LogP) is 0.191. The van der Waals surface area contributed by atoms with Crippen molar-refractivity contribution in [1.29, 1.82) is 0 Å². The third-order valence-corrected chi connectivity index (χ3v) is 1.08. The van der Waals surface area contributed by atoms with Crippen molar-refractivity contribution in [2.75, 3.05) is 13.2 Å². The number of hydrogen-bond acceptors (Lipinski definition) is 2. The Labute approximate surface area is 52.8 Å². The molecule has 0 aromatic rings. The van der Waals surface area contributed by atoms with Crippen molar-refractivity contribution in [3.8, 4) is 0 Å². The molecule has 1 aliphatic heterocycles. The predicted molar refractivity (Wildman–Crippen MR) is 30.2 cm³/mol. The van der Waals surface area contributed by atoms with Crippen molar-refractivity contribution < 1.29 is 14.6 Å². The van der Waals surface area contributed by atoms with Gasteiger partial charge in [-0.2, -0.15) is 0 Å². The summed E-state index contributed by atoms with van der Waals surface area (Å²) in [5.41, 5.74) is 0. The summed E-state index contributed by atoms with van der Waals surface area (Å²) in [5, 5.41) is 12.0. The van der Waals surface area contributed by atoms with E-state index in [1.54, 1.807) is 0 Å². The summed E-state index contributed by atoms with van der Waals surface area (Å²) in [5.74, 6) is -0.991. The standard InChI is InChI=1S/C5H8NO3.Rf/c7-5(8)4-6-2-1-3-9-4;/h4H,1-3H2,(H,7,8);/q-1;. The summed E-state index contributed by atoms with van der Waals surface area (Å²) in [6, 6.07) is 0. The molecule has 5 heteroatoms. The summed E-state index contributed by atoms with van der Waals surface area (Å²) in [4.78, 5) is 10.1. The molecule has 0 bridgehead atoms. The van der Waals surface area contributed by atoms with E-state index in [9.17, 15) is 4.79 Å². The van der Waals surface area contributed by atoms with E-state index >= 15 is 0 Å². The molecular weight excluding hydrogens is 389 g/mol. The van der Waals surface area contributed by atoms with E-state index in [1.165, 1.54) is 0 Å². The Kier molecular flexibility index (Phi) is 2.87. The van der Waals surface area contributed by atoms with Gasteiger partial charge >= 0.3 is 5.97 Å². The smallest absolute Gasteiger partial charge is 0.311 e. The zero-order valence-electron chi connectivity index (χ0n) is 5.62. The molecule has 0 spiro atoms. The summed E-state index contributed by atoms with van der Waals surface area (Å²) in [6.07, 6.45) is -0.0669. The number of nitrogens with zero attached hydrogens (tertiary/aromatic N) is 1. The number of hydrogen-bond donors (Lipinski definition) is 1. The van der Waals surface area contributed by atoms with Crippen molar-refractivity contribution in [2.24, 2.45) is 0 Å². The van der Waals surface area contributed by atoms with Crippen LogP contribution in [0.15, 0.2) is 0 Å². The molecule has 0 aliphatic carbocycles. The zero-order chi connectivity index (χ0) is 6.69. The molecule has 1 rings (SSSR count). The summed E-state index contributed by atoms with van der Waals surface area (Å²) >= 11 is 0. The van der Waals surface area contributed by atoms with Gasteiger partial charge in [-0.15, -0.1) is 6.54 Å². The average molecular weight is 397 g/mol. The van der Waals surface area contributed by atoms with Crippen molar-refractivity contribution in [2.45, 2.75) is 12.6 Å². The minimum atomic E-state index is -0.991. The maximum atomic E-state index is 10.1. The SMILES string of the molecule is O=C(O)C1[N-]CCCO1.[Rf]. The monoisotopic (exact) mass is 397 g/mol. The zero-order valence-corrected chi connectivity index (χ0v) is 12.0. The quantitative estimate of drug-likeness (QED) is 0.688. The van der Waals surface area contributed by atoms with Gasteiger partial charge in [-0.1, -0.05) is 0 Å². The Hall–Kier alpha value is -1.61. The Morgan fingerprint density at radius 2 is 2.40 bits per heavy atom. The van der Waals surface area contributed by atoms with Crippen LogP contribution in [0.3, 0.4) is 0 Å². The molecule has 1 fully saturated rings. The molecule has 1 aliphatic rings. The molecule has 0 radical (unpaired) electrons. The molecule has 54 valence electrons. The van der Waals surface area contributed by atoms with Crippen LogP contribution in [0.2, 0.25) is 0 Å². The Bertz CT molecular complexity index is 113. The maximum absolute atomic E-state index is 10.1. The molecule has 0 aromatic carbocycles. The van der Waals surface area contributed by atoms with Gasteiger partial charge < -0.3 is 15.2 Å². The molecule has 1 heterocycles. The van der Waals surface area contributed by atoms with Crippen molar-refractivity contribution in [3.05, 3.63) is 5.32 Å². The van der Waals surface area contributed by atoms with Gasteiger partial charge in [0.1, 0.15) is 0 Å². The molecule has 1 saturated heterocycles. The number of carboxylic acid groups (broad SMARTS) is 1. The number of carboxylic acids is 1. The molecule has 1 unspecified atom stereocenters. The summed E-state index contributed by atoms with van der Waals surface area (Å²) < 4.78 is 4.77. The van der Waals surface area contributed by atoms with E-state index in [1.807, 2.05) is 0 Å². The second-order valence-corrected chi connectivity index (χ2v) is 1.82. The van der Waals surface area contributed by atoms with Crippen LogP contribution in [0.5, 0.6) is 0 Å². The first kappa shape index (κ1) is 8.39. The van der Waals surface area contributed by atoms with Crippen LogP contribution in [-0.2, 0) is 9.53 Å². The van der Waals surface area contributed by atoms with E-state index in [4.69, 9.17) is 9.84 Å². The van der Waals surface area contributed by atoms with Crippen LogP contribution in [0.4, 0.5) is 0 Å². The molecule has 0 saturated carbocycles.